The monoisotopic (exact) mass is 555 g/mol. The van der Waals surface area contributed by atoms with Gasteiger partial charge in [-0.15, -0.1) is 0 Å². The quantitative estimate of drug-likeness (QED) is 0.185. The van der Waals surface area contributed by atoms with Crippen LogP contribution in [0.4, 0.5) is 14.4 Å². The zero-order valence-electron chi connectivity index (χ0n) is 23.7. The summed E-state index contributed by atoms with van der Waals surface area (Å²) >= 11 is 0. The van der Waals surface area contributed by atoms with E-state index in [-0.39, 0.29) is 30.1 Å². The second kappa shape index (κ2) is 17.1. The van der Waals surface area contributed by atoms with Crippen molar-refractivity contribution in [1.29, 1.82) is 0 Å². The number of methoxy groups -OCH3 is 1. The van der Waals surface area contributed by atoms with Gasteiger partial charge in [0.1, 0.15) is 30.5 Å². The van der Waals surface area contributed by atoms with Crippen LogP contribution in [0.25, 0.3) is 0 Å². The van der Waals surface area contributed by atoms with Crippen molar-refractivity contribution in [2.24, 2.45) is 5.73 Å². The van der Waals surface area contributed by atoms with Crippen LogP contribution in [0.15, 0.2) is 18.2 Å². The van der Waals surface area contributed by atoms with Gasteiger partial charge >= 0.3 is 24.4 Å². The summed E-state index contributed by atoms with van der Waals surface area (Å²) in [6.45, 7) is 10.5. The van der Waals surface area contributed by atoms with Crippen LogP contribution >= 0.6 is 0 Å². The van der Waals surface area contributed by atoms with Gasteiger partial charge in [0, 0.05) is 0 Å². The van der Waals surface area contributed by atoms with Crippen LogP contribution in [-0.2, 0) is 34.9 Å². The molecule has 5 atom stereocenters. The summed E-state index contributed by atoms with van der Waals surface area (Å²) in [7, 11) is 1.16. The van der Waals surface area contributed by atoms with E-state index >= 15 is 0 Å². The number of nitrogens with two attached hydrogens (primary N) is 1. The molecule has 1 rings (SSSR count). The highest BCUT2D eigenvalue weighted by atomic mass is 16.8. The maximum absolute atomic E-state index is 12.5. The van der Waals surface area contributed by atoms with Gasteiger partial charge < -0.3 is 38.9 Å². The summed E-state index contributed by atoms with van der Waals surface area (Å²) < 4.78 is 35.7. The normalized spacial score (nSPS) is 14.6. The van der Waals surface area contributed by atoms with Crippen LogP contribution in [-0.4, -0.2) is 62.0 Å². The molecule has 2 N–H and O–H groups in total. The molecule has 220 valence electrons. The van der Waals surface area contributed by atoms with E-state index in [0.29, 0.717) is 18.4 Å². The lowest BCUT2D eigenvalue weighted by Gasteiger charge is -2.22. The van der Waals surface area contributed by atoms with Crippen LogP contribution in [0.3, 0.4) is 0 Å². The Morgan fingerprint density at radius 2 is 1.26 bits per heavy atom. The Balaban J connectivity index is 3.00. The average Bonchev–Trinajstić information content (AvgIpc) is 2.85. The molecule has 0 aliphatic carbocycles. The predicted octanol–water partition coefficient (Wildman–Crippen LogP) is 5.07. The van der Waals surface area contributed by atoms with Crippen LogP contribution in [0, 0.1) is 0 Å². The van der Waals surface area contributed by atoms with Crippen LogP contribution < -0.4 is 15.2 Å². The fourth-order valence-electron chi connectivity index (χ4n) is 3.33. The van der Waals surface area contributed by atoms with Crippen molar-refractivity contribution in [3.63, 3.8) is 0 Å². The van der Waals surface area contributed by atoms with Gasteiger partial charge in [-0.2, -0.15) is 0 Å². The average molecular weight is 556 g/mol. The van der Waals surface area contributed by atoms with E-state index in [4.69, 9.17) is 34.2 Å². The van der Waals surface area contributed by atoms with Crippen LogP contribution in [0.2, 0.25) is 0 Å². The summed E-state index contributed by atoms with van der Waals surface area (Å²) in [6.07, 6.45) is -2.25. The lowest BCUT2D eigenvalue weighted by molar-refractivity contribution is -0.155. The summed E-state index contributed by atoms with van der Waals surface area (Å²) in [4.78, 5) is 48.4. The van der Waals surface area contributed by atoms with Crippen molar-refractivity contribution in [3.8, 4) is 11.5 Å². The van der Waals surface area contributed by atoms with Crippen LogP contribution in [0.5, 0.6) is 11.5 Å². The molecular weight excluding hydrogens is 514 g/mol. The maximum atomic E-state index is 12.5. The largest absolute Gasteiger partial charge is 0.514 e. The fourth-order valence-corrected chi connectivity index (χ4v) is 3.33. The highest BCUT2D eigenvalue weighted by Crippen LogP contribution is 2.30. The Labute approximate surface area is 229 Å². The molecule has 0 amide bonds. The summed E-state index contributed by atoms with van der Waals surface area (Å²) in [5.41, 5.74) is 6.51. The third-order valence-corrected chi connectivity index (χ3v) is 5.55. The van der Waals surface area contributed by atoms with Crippen molar-refractivity contribution < 1.29 is 52.3 Å². The molecule has 12 heteroatoms. The Morgan fingerprint density at radius 3 is 1.77 bits per heavy atom. The number of hydrogen-bond donors (Lipinski definition) is 1. The molecule has 12 nitrogen and oxygen atoms in total. The SMILES string of the molecule is CCCC(C)OC(=O)Oc1cc(C[C@H](N)C(=O)OC(C)C(C)OC(=O)OC)ccc1OC(=O)O[C@@H](C)CCC. The van der Waals surface area contributed by atoms with Gasteiger partial charge in [0.2, 0.25) is 0 Å². The number of esters is 1. The third-order valence-electron chi connectivity index (χ3n) is 5.55. The molecule has 0 saturated carbocycles. The van der Waals surface area contributed by atoms with E-state index in [9.17, 15) is 19.2 Å². The van der Waals surface area contributed by atoms with Crippen molar-refractivity contribution >= 4 is 24.4 Å². The first-order valence-corrected chi connectivity index (χ1v) is 13.0. The van der Waals surface area contributed by atoms with Gasteiger partial charge in [0.15, 0.2) is 11.5 Å². The number of benzene rings is 1. The topological polar surface area (TPSA) is 159 Å². The maximum Gasteiger partial charge on any atom is 0.514 e. The molecule has 0 aliphatic heterocycles. The molecule has 0 spiro atoms. The highest BCUT2D eigenvalue weighted by molar-refractivity contribution is 5.76. The third kappa shape index (κ3) is 12.7. The molecule has 0 aromatic heterocycles. The molecular formula is C27H41NO11. The Kier molecular flexibility index (Phi) is 14.7. The van der Waals surface area contributed by atoms with Crippen molar-refractivity contribution in [2.45, 2.75) is 104 Å². The van der Waals surface area contributed by atoms with E-state index in [0.717, 1.165) is 20.0 Å². The number of carbonyl (C=O) groups is 4. The first-order valence-electron chi connectivity index (χ1n) is 13.0. The van der Waals surface area contributed by atoms with E-state index in [1.807, 2.05) is 13.8 Å². The molecule has 3 unspecified atom stereocenters. The summed E-state index contributed by atoms with van der Waals surface area (Å²) in [5, 5.41) is 0. The lowest BCUT2D eigenvalue weighted by Crippen LogP contribution is -2.39. The standard InChI is InChI=1S/C27H41NO11/c1-8-10-16(3)34-26(31)38-22-13-12-20(15-23(22)39-27(32)35-17(4)11-9-2)14-21(28)24(29)36-18(5)19(6)37-25(30)33-7/h12-13,15-19,21H,8-11,14,28H2,1-7H3/t16-,17?,18?,19?,21-/m0/s1. The minimum atomic E-state index is -1.10. The van der Waals surface area contributed by atoms with Gasteiger partial charge in [0.05, 0.1) is 7.11 Å². The molecule has 1 aromatic rings. The van der Waals surface area contributed by atoms with Gasteiger partial charge in [0.25, 0.3) is 0 Å². The Hall–Kier alpha value is -3.54. The smallest absolute Gasteiger partial charge is 0.458 e. The fraction of sp³-hybridized carbons (Fsp3) is 0.630. The molecule has 0 fully saturated rings. The molecule has 0 aliphatic rings. The molecule has 0 bridgehead atoms. The second-order valence-electron chi connectivity index (χ2n) is 9.15. The van der Waals surface area contributed by atoms with Gasteiger partial charge in [-0.25, -0.2) is 14.4 Å². The molecule has 1 aromatic carbocycles. The number of carbonyl (C=O) groups excluding carboxylic acids is 4. The lowest BCUT2D eigenvalue weighted by atomic mass is 10.1. The van der Waals surface area contributed by atoms with E-state index < -0.39 is 42.7 Å². The van der Waals surface area contributed by atoms with E-state index in [2.05, 4.69) is 4.74 Å². The zero-order chi connectivity index (χ0) is 29.5. The van der Waals surface area contributed by atoms with E-state index in [1.165, 1.54) is 19.1 Å². The first-order chi connectivity index (χ1) is 18.4. The van der Waals surface area contributed by atoms with Gasteiger partial charge in [-0.1, -0.05) is 32.8 Å². The van der Waals surface area contributed by atoms with Crippen LogP contribution in [0.1, 0.15) is 72.8 Å². The minimum absolute atomic E-state index is 0.00625. The summed E-state index contributed by atoms with van der Waals surface area (Å²) in [6, 6.07) is 3.25. The molecule has 0 saturated heterocycles. The van der Waals surface area contributed by atoms with E-state index in [1.54, 1.807) is 26.8 Å². The highest BCUT2D eigenvalue weighted by Gasteiger charge is 2.25. The molecule has 39 heavy (non-hydrogen) atoms. The predicted molar refractivity (Wildman–Crippen MR) is 140 cm³/mol. The second-order valence-corrected chi connectivity index (χ2v) is 9.15. The number of hydrogen-bond acceptors (Lipinski definition) is 12. The number of ether oxygens (including phenoxy) is 7. The molecule has 0 heterocycles. The van der Waals surface area contributed by atoms with Gasteiger partial charge in [-0.3, -0.25) is 4.79 Å². The van der Waals surface area contributed by atoms with Gasteiger partial charge in [-0.05, 0) is 64.7 Å². The Morgan fingerprint density at radius 1 is 0.744 bits per heavy atom. The Bertz CT molecular complexity index is 952. The first kappa shape index (κ1) is 33.5. The van der Waals surface area contributed by atoms with Crippen molar-refractivity contribution in [3.05, 3.63) is 23.8 Å². The van der Waals surface area contributed by atoms with Crippen molar-refractivity contribution in [1.82, 2.24) is 0 Å². The minimum Gasteiger partial charge on any atom is -0.458 e. The number of rotatable bonds is 14. The van der Waals surface area contributed by atoms with Crippen molar-refractivity contribution in [2.75, 3.05) is 7.11 Å². The summed E-state index contributed by atoms with van der Waals surface area (Å²) in [5.74, 6) is -0.937. The zero-order valence-corrected chi connectivity index (χ0v) is 23.7. The molecule has 0 radical (unpaired) electrons.